The van der Waals surface area contributed by atoms with Crippen molar-refractivity contribution in [1.82, 2.24) is 0 Å². The Morgan fingerprint density at radius 3 is 2.43 bits per heavy atom. The Hall–Kier alpha value is -0.865. The smallest absolute Gasteiger partial charge is 0.423 e. The van der Waals surface area contributed by atoms with Gasteiger partial charge in [0, 0.05) is 0 Å². The third-order valence-corrected chi connectivity index (χ3v) is 4.79. The van der Waals surface area contributed by atoms with Gasteiger partial charge in [-0.1, -0.05) is 50.5 Å². The molecule has 1 saturated carbocycles. The molecule has 21 heavy (non-hydrogen) atoms. The summed E-state index contributed by atoms with van der Waals surface area (Å²) in [4.78, 5) is 0. The Bertz CT molecular complexity index is 421. The number of rotatable bonds is 6. The zero-order valence-corrected chi connectivity index (χ0v) is 12.8. The SMILES string of the molecule is CCCCCC1CCC(c2ccc(B(O)O)cc2)CC1F. The molecule has 0 bridgehead atoms. The lowest BCUT2D eigenvalue weighted by Gasteiger charge is -2.32. The molecular weight excluding hydrogens is 266 g/mol. The molecule has 0 amide bonds. The van der Waals surface area contributed by atoms with Gasteiger partial charge in [-0.3, -0.25) is 0 Å². The molecule has 3 unspecified atom stereocenters. The topological polar surface area (TPSA) is 40.5 Å². The van der Waals surface area contributed by atoms with Gasteiger partial charge >= 0.3 is 7.12 Å². The molecule has 1 fully saturated rings. The van der Waals surface area contributed by atoms with E-state index >= 15 is 0 Å². The summed E-state index contributed by atoms with van der Waals surface area (Å²) in [6, 6.07) is 7.26. The van der Waals surface area contributed by atoms with Crippen LogP contribution < -0.4 is 5.46 Å². The van der Waals surface area contributed by atoms with Crippen molar-refractivity contribution in [3.05, 3.63) is 29.8 Å². The maximum atomic E-state index is 14.3. The van der Waals surface area contributed by atoms with Gasteiger partial charge in [-0.2, -0.15) is 0 Å². The van der Waals surface area contributed by atoms with Crippen molar-refractivity contribution in [3.63, 3.8) is 0 Å². The molecule has 1 aromatic rings. The van der Waals surface area contributed by atoms with Gasteiger partial charge < -0.3 is 10.0 Å². The standard InChI is InChI=1S/C17H26BFO2/c1-2-3-4-5-14-6-7-15(12-17(14)19)13-8-10-16(11-9-13)18(20)21/h8-11,14-15,17,20-21H,2-7,12H2,1H3. The van der Waals surface area contributed by atoms with Crippen molar-refractivity contribution in [2.24, 2.45) is 5.92 Å². The summed E-state index contributed by atoms with van der Waals surface area (Å²) >= 11 is 0. The third-order valence-electron chi connectivity index (χ3n) is 4.79. The molecule has 0 saturated heterocycles. The minimum atomic E-state index is -1.43. The van der Waals surface area contributed by atoms with Gasteiger partial charge in [0.25, 0.3) is 0 Å². The van der Waals surface area contributed by atoms with Crippen LogP contribution in [0, 0.1) is 5.92 Å². The number of halogens is 1. The first-order chi connectivity index (χ1) is 10.1. The van der Waals surface area contributed by atoms with Crippen molar-refractivity contribution < 1.29 is 14.4 Å². The maximum Gasteiger partial charge on any atom is 0.488 e. The first-order valence-corrected chi connectivity index (χ1v) is 8.22. The van der Waals surface area contributed by atoms with E-state index in [4.69, 9.17) is 10.0 Å². The third kappa shape index (κ3) is 4.55. The highest BCUT2D eigenvalue weighted by Crippen LogP contribution is 2.39. The Kier molecular flexibility index (Phi) is 6.25. The van der Waals surface area contributed by atoms with E-state index in [1.165, 1.54) is 12.8 Å². The van der Waals surface area contributed by atoms with Crippen LogP contribution >= 0.6 is 0 Å². The number of hydrogen-bond acceptors (Lipinski definition) is 2. The minimum absolute atomic E-state index is 0.242. The molecule has 2 nitrogen and oxygen atoms in total. The molecular formula is C17H26BFO2. The summed E-state index contributed by atoms with van der Waals surface area (Å²) in [6.45, 7) is 2.18. The summed E-state index contributed by atoms with van der Waals surface area (Å²) in [5.74, 6) is 0.513. The largest absolute Gasteiger partial charge is 0.488 e. The van der Waals surface area contributed by atoms with Gasteiger partial charge in [0.1, 0.15) is 6.17 Å². The van der Waals surface area contributed by atoms with Crippen molar-refractivity contribution in [1.29, 1.82) is 0 Å². The second-order valence-electron chi connectivity index (χ2n) is 6.32. The molecule has 0 aromatic heterocycles. The fourth-order valence-electron chi connectivity index (χ4n) is 3.40. The highest BCUT2D eigenvalue weighted by Gasteiger charge is 2.30. The summed E-state index contributed by atoms with van der Waals surface area (Å²) in [5.41, 5.74) is 1.61. The lowest BCUT2D eigenvalue weighted by Crippen LogP contribution is -2.30. The van der Waals surface area contributed by atoms with Gasteiger partial charge in [-0.05, 0) is 48.5 Å². The van der Waals surface area contributed by atoms with Gasteiger partial charge in [-0.25, -0.2) is 4.39 Å². The highest BCUT2D eigenvalue weighted by molar-refractivity contribution is 6.58. The number of hydrogen-bond donors (Lipinski definition) is 2. The number of alkyl halides is 1. The molecule has 4 heteroatoms. The predicted octanol–water partition coefficient (Wildman–Crippen LogP) is 3.17. The molecule has 1 aromatic carbocycles. The van der Waals surface area contributed by atoms with Crippen LogP contribution in [-0.4, -0.2) is 23.3 Å². The lowest BCUT2D eigenvalue weighted by atomic mass is 9.74. The van der Waals surface area contributed by atoms with E-state index in [2.05, 4.69) is 6.92 Å². The van der Waals surface area contributed by atoms with Crippen LogP contribution in [0.4, 0.5) is 4.39 Å². The molecule has 1 aliphatic rings. The Morgan fingerprint density at radius 2 is 1.86 bits per heavy atom. The van der Waals surface area contributed by atoms with E-state index in [1.54, 1.807) is 12.1 Å². The van der Waals surface area contributed by atoms with Crippen LogP contribution in [0.5, 0.6) is 0 Å². The van der Waals surface area contributed by atoms with Gasteiger partial charge in [0.2, 0.25) is 0 Å². The van der Waals surface area contributed by atoms with Crippen molar-refractivity contribution >= 4 is 12.6 Å². The van der Waals surface area contributed by atoms with Crippen LogP contribution in [0.1, 0.15) is 63.4 Å². The van der Waals surface area contributed by atoms with Gasteiger partial charge in [-0.15, -0.1) is 0 Å². The molecule has 2 N–H and O–H groups in total. The Labute approximate surface area is 127 Å². The average Bonchev–Trinajstić information content (AvgIpc) is 2.49. The average molecular weight is 292 g/mol. The molecule has 0 spiro atoms. The molecule has 116 valence electrons. The van der Waals surface area contributed by atoms with Gasteiger partial charge in [0.15, 0.2) is 0 Å². The van der Waals surface area contributed by atoms with Crippen LogP contribution in [0.25, 0.3) is 0 Å². The quantitative estimate of drug-likeness (QED) is 0.624. The zero-order chi connectivity index (χ0) is 15.2. The molecule has 2 rings (SSSR count). The van der Waals surface area contributed by atoms with E-state index < -0.39 is 13.3 Å². The number of benzene rings is 1. The second kappa shape index (κ2) is 7.95. The lowest BCUT2D eigenvalue weighted by molar-refractivity contribution is 0.141. The fourth-order valence-corrected chi connectivity index (χ4v) is 3.40. The predicted molar refractivity (Wildman–Crippen MR) is 85.4 cm³/mol. The summed E-state index contributed by atoms with van der Waals surface area (Å²) in [7, 11) is -1.43. The Balaban J connectivity index is 1.89. The Morgan fingerprint density at radius 1 is 1.14 bits per heavy atom. The van der Waals surface area contributed by atoms with Crippen LogP contribution in [0.3, 0.4) is 0 Å². The van der Waals surface area contributed by atoms with Crippen molar-refractivity contribution in [2.45, 2.75) is 64.0 Å². The first-order valence-electron chi connectivity index (χ1n) is 8.22. The highest BCUT2D eigenvalue weighted by atomic mass is 19.1. The van der Waals surface area contributed by atoms with E-state index in [9.17, 15) is 4.39 Å². The molecule has 0 aliphatic heterocycles. The molecule has 3 atom stereocenters. The molecule has 0 heterocycles. The van der Waals surface area contributed by atoms with E-state index in [1.807, 2.05) is 12.1 Å². The fraction of sp³-hybridized carbons (Fsp3) is 0.647. The molecule has 0 radical (unpaired) electrons. The summed E-state index contributed by atoms with van der Waals surface area (Å²) in [5, 5.41) is 18.2. The van der Waals surface area contributed by atoms with Crippen molar-refractivity contribution in [3.8, 4) is 0 Å². The van der Waals surface area contributed by atoms with Crippen molar-refractivity contribution in [2.75, 3.05) is 0 Å². The molecule has 1 aliphatic carbocycles. The summed E-state index contributed by atoms with van der Waals surface area (Å²) in [6.07, 6.45) is 6.50. The van der Waals surface area contributed by atoms with E-state index in [-0.39, 0.29) is 11.8 Å². The van der Waals surface area contributed by atoms with E-state index in [0.29, 0.717) is 11.9 Å². The normalized spacial score (nSPS) is 25.8. The van der Waals surface area contributed by atoms with Gasteiger partial charge in [0.05, 0.1) is 0 Å². The minimum Gasteiger partial charge on any atom is -0.423 e. The van der Waals surface area contributed by atoms with Crippen LogP contribution in [-0.2, 0) is 0 Å². The summed E-state index contributed by atoms with van der Waals surface area (Å²) < 4.78 is 14.3. The monoisotopic (exact) mass is 292 g/mol. The number of unbranched alkanes of at least 4 members (excludes halogenated alkanes) is 2. The van der Waals surface area contributed by atoms with E-state index in [0.717, 1.165) is 31.2 Å². The van der Waals surface area contributed by atoms with Crippen LogP contribution in [0.2, 0.25) is 0 Å². The van der Waals surface area contributed by atoms with Crippen LogP contribution in [0.15, 0.2) is 24.3 Å². The maximum absolute atomic E-state index is 14.3. The first kappa shape index (κ1) is 16.5. The second-order valence-corrected chi connectivity index (χ2v) is 6.32. The zero-order valence-electron chi connectivity index (χ0n) is 12.8.